The molecule has 0 radical (unpaired) electrons. The molecule has 0 fully saturated rings. The Bertz CT molecular complexity index is 854. The van der Waals surface area contributed by atoms with Crippen LogP contribution in [-0.2, 0) is 15.9 Å². The number of unbranched alkanes of at least 4 members (excludes halogenated alkanes) is 8. The summed E-state index contributed by atoms with van der Waals surface area (Å²) in [6, 6.07) is 10.5. The first-order valence-electron chi connectivity index (χ1n) is 14.9. The summed E-state index contributed by atoms with van der Waals surface area (Å²) in [5, 5.41) is 0. The van der Waals surface area contributed by atoms with Crippen LogP contribution in [0.1, 0.15) is 103 Å². The molecular weight excluding hydrogens is 462 g/mol. The molecule has 5 heteroatoms. The van der Waals surface area contributed by atoms with Crippen LogP contribution in [0.15, 0.2) is 36.5 Å². The van der Waals surface area contributed by atoms with E-state index in [0.29, 0.717) is 0 Å². The van der Waals surface area contributed by atoms with Crippen LogP contribution < -0.4 is 9.47 Å². The molecule has 0 spiro atoms. The Labute approximate surface area is 225 Å². The summed E-state index contributed by atoms with van der Waals surface area (Å²) < 4.78 is 23.6. The molecule has 5 nitrogen and oxygen atoms in total. The van der Waals surface area contributed by atoms with E-state index >= 15 is 0 Å². The van der Waals surface area contributed by atoms with Gasteiger partial charge in [0.05, 0.1) is 0 Å². The number of hydrogen-bond donors (Lipinski definition) is 0. The lowest BCUT2D eigenvalue weighted by Crippen LogP contribution is -2.17. The molecular formula is C32H49NO4. The largest absolute Gasteiger partial charge is 0.451 e. The van der Waals surface area contributed by atoms with Crippen molar-refractivity contribution in [3.8, 4) is 22.6 Å². The van der Waals surface area contributed by atoms with Gasteiger partial charge in [-0.2, -0.15) is 0 Å². The molecule has 1 aliphatic heterocycles. The molecule has 0 amide bonds. The fourth-order valence-electron chi connectivity index (χ4n) is 4.54. The summed E-state index contributed by atoms with van der Waals surface area (Å²) in [4.78, 5) is 4.69. The number of pyridine rings is 1. The van der Waals surface area contributed by atoms with Crippen LogP contribution in [0.3, 0.4) is 0 Å². The Hall–Kier alpha value is -2.11. The van der Waals surface area contributed by atoms with Crippen LogP contribution in [-0.4, -0.2) is 37.7 Å². The highest BCUT2D eigenvalue weighted by Crippen LogP contribution is 2.39. The number of rotatable bonds is 21. The van der Waals surface area contributed by atoms with Gasteiger partial charge in [0.25, 0.3) is 0 Å². The number of benzene rings is 1. The minimum absolute atomic E-state index is 0.198. The van der Waals surface area contributed by atoms with E-state index in [0.717, 1.165) is 93.3 Å². The van der Waals surface area contributed by atoms with E-state index in [1.807, 2.05) is 12.3 Å². The molecule has 2 aromatic rings. The van der Waals surface area contributed by atoms with Gasteiger partial charge >= 0.3 is 0 Å². The lowest BCUT2D eigenvalue weighted by atomic mass is 10.1. The highest BCUT2D eigenvalue weighted by Gasteiger charge is 2.24. The van der Waals surface area contributed by atoms with Crippen LogP contribution in [0.5, 0.6) is 11.5 Å². The van der Waals surface area contributed by atoms with E-state index in [1.165, 1.54) is 51.4 Å². The fraction of sp³-hybridized carbons (Fsp3) is 0.656. The summed E-state index contributed by atoms with van der Waals surface area (Å²) in [5.74, 6) is 1.66. The zero-order chi connectivity index (χ0) is 26.0. The van der Waals surface area contributed by atoms with Gasteiger partial charge in [-0.15, -0.1) is 0 Å². The number of aryl methyl sites for hydroxylation is 1. The molecule has 0 aliphatic carbocycles. The highest BCUT2D eigenvalue weighted by atomic mass is 16.7. The van der Waals surface area contributed by atoms with Crippen molar-refractivity contribution in [3.05, 3.63) is 42.2 Å². The van der Waals surface area contributed by atoms with E-state index in [9.17, 15) is 0 Å². The molecule has 1 aromatic heterocycles. The van der Waals surface area contributed by atoms with E-state index in [4.69, 9.17) is 23.9 Å². The number of nitrogens with zero attached hydrogens (tertiary/aromatic N) is 1. The molecule has 0 bridgehead atoms. The van der Waals surface area contributed by atoms with Crippen LogP contribution in [0.4, 0.5) is 0 Å². The van der Waals surface area contributed by atoms with Crippen molar-refractivity contribution in [2.24, 2.45) is 0 Å². The first-order valence-corrected chi connectivity index (χ1v) is 14.9. The Morgan fingerprint density at radius 1 is 0.649 bits per heavy atom. The number of hydrogen-bond acceptors (Lipinski definition) is 5. The molecule has 3 rings (SSSR count). The minimum atomic E-state index is -0.198. The fourth-order valence-corrected chi connectivity index (χ4v) is 4.54. The Balaban J connectivity index is 1.30. The molecule has 0 saturated heterocycles. The third-order valence-corrected chi connectivity index (χ3v) is 6.85. The smallest absolute Gasteiger partial charge is 0.241 e. The lowest BCUT2D eigenvalue weighted by Gasteiger charge is -2.10. The van der Waals surface area contributed by atoms with Crippen molar-refractivity contribution in [3.63, 3.8) is 0 Å². The summed E-state index contributed by atoms with van der Waals surface area (Å²) in [7, 11) is 0. The van der Waals surface area contributed by atoms with E-state index in [1.54, 1.807) is 0 Å². The van der Waals surface area contributed by atoms with Gasteiger partial charge in [0, 0.05) is 50.3 Å². The van der Waals surface area contributed by atoms with Crippen molar-refractivity contribution in [2.45, 2.75) is 110 Å². The molecule has 0 saturated carbocycles. The summed E-state index contributed by atoms with van der Waals surface area (Å²) >= 11 is 0. The van der Waals surface area contributed by atoms with Crippen LogP contribution in [0.2, 0.25) is 0 Å². The van der Waals surface area contributed by atoms with Gasteiger partial charge in [-0.3, -0.25) is 4.98 Å². The monoisotopic (exact) mass is 511 g/mol. The van der Waals surface area contributed by atoms with Gasteiger partial charge in [0.2, 0.25) is 6.29 Å². The van der Waals surface area contributed by atoms with Crippen molar-refractivity contribution < 1.29 is 18.9 Å². The van der Waals surface area contributed by atoms with E-state index in [-0.39, 0.29) is 6.29 Å². The van der Waals surface area contributed by atoms with Gasteiger partial charge in [0.15, 0.2) is 11.5 Å². The predicted molar refractivity (Wildman–Crippen MR) is 151 cm³/mol. The molecule has 2 heterocycles. The maximum Gasteiger partial charge on any atom is 0.241 e. The second kappa shape index (κ2) is 18.2. The Kier molecular flexibility index (Phi) is 14.5. The van der Waals surface area contributed by atoms with Crippen LogP contribution in [0, 0.1) is 0 Å². The predicted octanol–water partition coefficient (Wildman–Crippen LogP) is 8.53. The topological polar surface area (TPSA) is 49.8 Å². The second-order valence-corrected chi connectivity index (χ2v) is 10.2. The van der Waals surface area contributed by atoms with Gasteiger partial charge < -0.3 is 18.9 Å². The van der Waals surface area contributed by atoms with Gasteiger partial charge in [0.1, 0.15) is 0 Å². The average molecular weight is 512 g/mol. The molecule has 1 aromatic carbocycles. The lowest BCUT2D eigenvalue weighted by molar-refractivity contribution is 0.0366. The summed E-state index contributed by atoms with van der Waals surface area (Å²) in [6.45, 7) is 7.94. The van der Waals surface area contributed by atoms with E-state index in [2.05, 4.69) is 38.1 Å². The molecule has 206 valence electrons. The first-order chi connectivity index (χ1) is 18.3. The molecule has 1 unspecified atom stereocenters. The van der Waals surface area contributed by atoms with Gasteiger partial charge in [-0.05, 0) is 68.7 Å². The van der Waals surface area contributed by atoms with Crippen molar-refractivity contribution in [1.29, 1.82) is 0 Å². The zero-order valence-corrected chi connectivity index (χ0v) is 23.3. The number of fused-ring (bicyclic) bond motifs is 1. The maximum atomic E-state index is 6.08. The van der Waals surface area contributed by atoms with Crippen molar-refractivity contribution >= 4 is 0 Å². The van der Waals surface area contributed by atoms with Crippen LogP contribution in [0.25, 0.3) is 11.1 Å². The first kappa shape index (κ1) is 29.4. The van der Waals surface area contributed by atoms with Crippen molar-refractivity contribution in [1.82, 2.24) is 4.98 Å². The molecule has 1 atom stereocenters. The summed E-state index contributed by atoms with van der Waals surface area (Å²) in [6.07, 6.45) is 18.0. The Morgan fingerprint density at radius 2 is 1.27 bits per heavy atom. The Morgan fingerprint density at radius 3 is 1.92 bits per heavy atom. The quantitative estimate of drug-likeness (QED) is 0.157. The molecule has 1 aliphatic rings. The molecule has 37 heavy (non-hydrogen) atoms. The van der Waals surface area contributed by atoms with Gasteiger partial charge in [-0.25, -0.2) is 0 Å². The van der Waals surface area contributed by atoms with Gasteiger partial charge in [-0.1, -0.05) is 64.5 Å². The number of ether oxygens (including phenoxy) is 4. The normalized spacial score (nSPS) is 14.4. The third-order valence-electron chi connectivity index (χ3n) is 6.85. The van der Waals surface area contributed by atoms with Crippen LogP contribution >= 0.6 is 0 Å². The maximum absolute atomic E-state index is 6.08. The number of aromatic nitrogens is 1. The average Bonchev–Trinajstić information content (AvgIpc) is 3.33. The highest BCUT2D eigenvalue weighted by molar-refractivity contribution is 5.67. The minimum Gasteiger partial charge on any atom is -0.451 e. The third kappa shape index (κ3) is 11.4. The van der Waals surface area contributed by atoms with E-state index < -0.39 is 0 Å². The zero-order valence-electron chi connectivity index (χ0n) is 23.3. The van der Waals surface area contributed by atoms with Crippen molar-refractivity contribution in [2.75, 3.05) is 26.4 Å². The second-order valence-electron chi connectivity index (χ2n) is 10.2. The molecule has 0 N–H and O–H groups in total. The standard InChI is InChI=1S/C32H49NO4/c1-3-5-7-11-21-34-23-13-9-15-29-19-17-28(26-33-29)27-18-20-30-31(25-27)37-32(36-30)16-10-14-24-35-22-12-8-6-4-2/h17-20,25-26,32H,3-16,21-24H2,1-2H3. The summed E-state index contributed by atoms with van der Waals surface area (Å²) in [5.41, 5.74) is 3.34. The SMILES string of the molecule is CCCCCCOCCCCc1ccc(-c2ccc3c(c2)OC(CCCCOCCCCCC)O3)cn1.